The third-order valence-corrected chi connectivity index (χ3v) is 3.35. The van der Waals surface area contributed by atoms with Crippen LogP contribution >= 0.6 is 0 Å². The molecule has 1 aromatic carbocycles. The van der Waals surface area contributed by atoms with Crippen LogP contribution in [0, 0.1) is 0 Å². The Morgan fingerprint density at radius 2 is 1.95 bits per heavy atom. The maximum Gasteiger partial charge on any atom is 0.261 e. The molecule has 3 N–H and O–H groups in total. The van der Waals surface area contributed by atoms with Crippen molar-refractivity contribution in [2.24, 2.45) is 5.73 Å². The molecule has 6 nitrogen and oxygen atoms in total. The Bertz CT molecular complexity index is 583. The van der Waals surface area contributed by atoms with Gasteiger partial charge in [0.1, 0.15) is 0 Å². The number of carbonyl (C=O) groups is 3. The van der Waals surface area contributed by atoms with Gasteiger partial charge >= 0.3 is 0 Å². The lowest BCUT2D eigenvalue weighted by molar-refractivity contribution is -0.116. The molecule has 0 radical (unpaired) electrons. The molecule has 1 aliphatic heterocycles. The van der Waals surface area contributed by atoms with Gasteiger partial charge in [0.15, 0.2) is 0 Å². The van der Waals surface area contributed by atoms with Crippen molar-refractivity contribution in [3.05, 3.63) is 29.3 Å². The number of amides is 3. The van der Waals surface area contributed by atoms with Gasteiger partial charge < -0.3 is 11.1 Å². The first-order chi connectivity index (χ1) is 9.43. The molecule has 1 unspecified atom stereocenters. The zero-order valence-electron chi connectivity index (χ0n) is 11.5. The summed E-state index contributed by atoms with van der Waals surface area (Å²) in [4.78, 5) is 36.4. The summed E-state index contributed by atoms with van der Waals surface area (Å²) < 4.78 is 0. The summed E-state index contributed by atoms with van der Waals surface area (Å²) in [6.45, 7) is 1.91. The highest BCUT2D eigenvalue weighted by Gasteiger charge is 2.32. The molecule has 1 aromatic rings. The van der Waals surface area contributed by atoms with Crippen LogP contribution in [0.25, 0.3) is 0 Å². The number of imide groups is 1. The molecule has 3 amide bonds. The first kappa shape index (κ1) is 14.2. The third kappa shape index (κ3) is 2.55. The highest BCUT2D eigenvalue weighted by molar-refractivity contribution is 6.21. The van der Waals surface area contributed by atoms with E-state index in [1.807, 2.05) is 6.92 Å². The van der Waals surface area contributed by atoms with Gasteiger partial charge in [-0.15, -0.1) is 0 Å². The second-order valence-electron chi connectivity index (χ2n) is 4.85. The summed E-state index contributed by atoms with van der Waals surface area (Å²) in [5.41, 5.74) is 6.88. The van der Waals surface area contributed by atoms with E-state index in [-0.39, 0.29) is 30.2 Å². The van der Waals surface area contributed by atoms with Crippen molar-refractivity contribution in [1.82, 2.24) is 4.90 Å². The number of benzene rings is 1. The molecule has 1 aliphatic rings. The molecule has 0 fully saturated rings. The lowest BCUT2D eigenvalue weighted by atomic mass is 10.1. The normalized spacial score (nSPS) is 15.2. The third-order valence-electron chi connectivity index (χ3n) is 3.35. The molecular formula is C14H17N3O3. The number of nitrogens with two attached hydrogens (primary N) is 1. The zero-order valence-corrected chi connectivity index (χ0v) is 11.5. The lowest BCUT2D eigenvalue weighted by Crippen LogP contribution is -2.26. The second-order valence-corrected chi connectivity index (χ2v) is 4.85. The van der Waals surface area contributed by atoms with Crippen LogP contribution in [0.3, 0.4) is 0 Å². The predicted octanol–water partition coefficient (Wildman–Crippen LogP) is 0.978. The fraction of sp³-hybridized carbons (Fsp3) is 0.357. The van der Waals surface area contributed by atoms with Gasteiger partial charge in [-0.2, -0.15) is 0 Å². The van der Waals surface area contributed by atoms with E-state index in [4.69, 9.17) is 5.73 Å². The first-order valence-corrected chi connectivity index (χ1v) is 6.46. The first-order valence-electron chi connectivity index (χ1n) is 6.46. The SMILES string of the molecule is CCC(N)CC(=O)Nc1ccc2c(c1)C(=O)N(C)C2=O. The topological polar surface area (TPSA) is 92.5 Å². The van der Waals surface area contributed by atoms with Gasteiger partial charge in [0.05, 0.1) is 11.1 Å². The Morgan fingerprint density at radius 1 is 1.30 bits per heavy atom. The Hall–Kier alpha value is -2.21. The number of hydrogen-bond acceptors (Lipinski definition) is 4. The van der Waals surface area contributed by atoms with Crippen molar-refractivity contribution in [2.75, 3.05) is 12.4 Å². The smallest absolute Gasteiger partial charge is 0.261 e. The van der Waals surface area contributed by atoms with Crippen molar-refractivity contribution >= 4 is 23.4 Å². The van der Waals surface area contributed by atoms with Crippen LogP contribution in [-0.2, 0) is 4.79 Å². The van der Waals surface area contributed by atoms with Crippen LogP contribution in [0.15, 0.2) is 18.2 Å². The number of anilines is 1. The number of hydrogen-bond donors (Lipinski definition) is 2. The second kappa shape index (κ2) is 5.42. The Morgan fingerprint density at radius 3 is 2.60 bits per heavy atom. The number of carbonyl (C=O) groups excluding carboxylic acids is 3. The van der Waals surface area contributed by atoms with E-state index >= 15 is 0 Å². The van der Waals surface area contributed by atoms with E-state index in [0.29, 0.717) is 16.8 Å². The van der Waals surface area contributed by atoms with E-state index in [1.165, 1.54) is 13.1 Å². The van der Waals surface area contributed by atoms with Crippen molar-refractivity contribution in [3.63, 3.8) is 0 Å². The molecule has 106 valence electrons. The van der Waals surface area contributed by atoms with E-state index in [2.05, 4.69) is 5.32 Å². The van der Waals surface area contributed by atoms with Crippen molar-refractivity contribution in [3.8, 4) is 0 Å². The van der Waals surface area contributed by atoms with Crippen LogP contribution in [0.1, 0.15) is 40.5 Å². The minimum Gasteiger partial charge on any atom is -0.327 e. The Labute approximate surface area is 116 Å². The quantitative estimate of drug-likeness (QED) is 0.801. The molecule has 6 heteroatoms. The molecule has 20 heavy (non-hydrogen) atoms. The van der Waals surface area contributed by atoms with Gasteiger partial charge in [-0.3, -0.25) is 19.3 Å². The van der Waals surface area contributed by atoms with Gasteiger partial charge in [-0.1, -0.05) is 6.92 Å². The van der Waals surface area contributed by atoms with Crippen molar-refractivity contribution in [1.29, 1.82) is 0 Å². The van der Waals surface area contributed by atoms with Gasteiger partial charge in [0.2, 0.25) is 5.91 Å². The highest BCUT2D eigenvalue weighted by Crippen LogP contribution is 2.24. The zero-order chi connectivity index (χ0) is 14.9. The minimum absolute atomic E-state index is 0.182. The van der Waals surface area contributed by atoms with Gasteiger partial charge in [0, 0.05) is 25.2 Å². The fourth-order valence-corrected chi connectivity index (χ4v) is 2.03. The van der Waals surface area contributed by atoms with Crippen LogP contribution < -0.4 is 11.1 Å². The Kier molecular flexibility index (Phi) is 3.85. The molecule has 0 aromatic heterocycles. The van der Waals surface area contributed by atoms with Crippen molar-refractivity contribution < 1.29 is 14.4 Å². The van der Waals surface area contributed by atoms with Crippen LogP contribution in [0.5, 0.6) is 0 Å². The summed E-state index contributed by atoms with van der Waals surface area (Å²) in [7, 11) is 1.43. The van der Waals surface area contributed by atoms with E-state index in [0.717, 1.165) is 11.3 Å². The summed E-state index contributed by atoms with van der Waals surface area (Å²) in [6, 6.07) is 4.50. The molecule has 0 saturated carbocycles. The monoisotopic (exact) mass is 275 g/mol. The van der Waals surface area contributed by atoms with Crippen LogP contribution in [0.4, 0.5) is 5.69 Å². The fourth-order valence-electron chi connectivity index (χ4n) is 2.03. The summed E-state index contributed by atoms with van der Waals surface area (Å²) in [6.07, 6.45) is 0.940. The summed E-state index contributed by atoms with van der Waals surface area (Å²) >= 11 is 0. The number of nitrogens with zero attached hydrogens (tertiary/aromatic N) is 1. The number of fused-ring (bicyclic) bond motifs is 1. The number of nitrogens with one attached hydrogen (secondary N) is 1. The minimum atomic E-state index is -0.355. The maximum absolute atomic E-state index is 11.8. The van der Waals surface area contributed by atoms with Crippen LogP contribution in [-0.4, -0.2) is 35.7 Å². The van der Waals surface area contributed by atoms with Gasteiger partial charge in [-0.25, -0.2) is 0 Å². The molecule has 1 atom stereocenters. The van der Waals surface area contributed by atoms with Crippen molar-refractivity contribution in [2.45, 2.75) is 25.8 Å². The summed E-state index contributed by atoms with van der Waals surface area (Å²) in [5, 5.41) is 2.69. The maximum atomic E-state index is 11.8. The molecular weight excluding hydrogens is 258 g/mol. The van der Waals surface area contributed by atoms with E-state index < -0.39 is 0 Å². The molecule has 0 spiro atoms. The predicted molar refractivity (Wildman–Crippen MR) is 74.4 cm³/mol. The standard InChI is InChI=1S/C14H17N3O3/c1-3-8(15)6-12(18)16-9-4-5-10-11(7-9)14(20)17(2)13(10)19/h4-5,7-8H,3,6,15H2,1-2H3,(H,16,18). The number of rotatable bonds is 4. The van der Waals surface area contributed by atoms with Gasteiger partial charge in [0.25, 0.3) is 11.8 Å². The van der Waals surface area contributed by atoms with Crippen LogP contribution in [0.2, 0.25) is 0 Å². The molecule has 2 rings (SSSR count). The summed E-state index contributed by atoms with van der Waals surface area (Å²) in [5.74, 6) is -0.883. The van der Waals surface area contributed by atoms with E-state index in [9.17, 15) is 14.4 Å². The average molecular weight is 275 g/mol. The van der Waals surface area contributed by atoms with E-state index in [1.54, 1.807) is 12.1 Å². The highest BCUT2D eigenvalue weighted by atomic mass is 16.2. The Balaban J connectivity index is 2.15. The molecule has 0 saturated heterocycles. The molecule has 0 aliphatic carbocycles. The lowest BCUT2D eigenvalue weighted by Gasteiger charge is -2.09. The van der Waals surface area contributed by atoms with Gasteiger partial charge in [-0.05, 0) is 24.6 Å². The average Bonchev–Trinajstić information content (AvgIpc) is 2.63. The molecule has 0 bridgehead atoms. The molecule has 1 heterocycles. The largest absolute Gasteiger partial charge is 0.327 e.